The summed E-state index contributed by atoms with van der Waals surface area (Å²) in [5.41, 5.74) is 0.372. The van der Waals surface area contributed by atoms with Gasteiger partial charge in [-0.15, -0.1) is 0 Å². The summed E-state index contributed by atoms with van der Waals surface area (Å²) in [5, 5.41) is 11.0. The molecule has 2 aromatic carbocycles. The van der Waals surface area contributed by atoms with Crippen LogP contribution in [-0.2, 0) is 9.59 Å². The molecule has 2 aromatic rings. The Kier molecular flexibility index (Phi) is 9.74. The lowest BCUT2D eigenvalue weighted by Crippen LogP contribution is -2.32. The number of benzene rings is 2. The normalized spacial score (nSPS) is 11.7. The third kappa shape index (κ3) is 6.49. The van der Waals surface area contributed by atoms with Gasteiger partial charge in [0.1, 0.15) is 17.1 Å². The number of hydrogen-bond donors (Lipinski definition) is 1. The van der Waals surface area contributed by atoms with Gasteiger partial charge in [0, 0.05) is 12.1 Å². The van der Waals surface area contributed by atoms with Gasteiger partial charge in [0.25, 0.3) is 5.91 Å². The summed E-state index contributed by atoms with van der Waals surface area (Å²) in [7, 11) is 2.81. The second-order valence-corrected chi connectivity index (χ2v) is 7.31. The summed E-state index contributed by atoms with van der Waals surface area (Å²) in [5.74, 6) is 0.0408. The summed E-state index contributed by atoms with van der Waals surface area (Å²) in [4.78, 5) is 25.1. The van der Waals surface area contributed by atoms with Gasteiger partial charge in [-0.25, -0.2) is 0 Å². The molecule has 178 valence electrons. The summed E-state index contributed by atoms with van der Waals surface area (Å²) >= 11 is 12.4. The maximum Gasteiger partial charge on any atom is 0.259 e. The molecule has 2 rings (SSSR count). The highest BCUT2D eigenvalue weighted by molar-refractivity contribution is 6.33. The number of nitrogens with zero attached hydrogens (tertiary/aromatic N) is 2. The van der Waals surface area contributed by atoms with Crippen LogP contribution in [-0.4, -0.2) is 45.2 Å². The zero-order valence-corrected chi connectivity index (χ0v) is 20.4. The van der Waals surface area contributed by atoms with E-state index >= 15 is 0 Å². The van der Waals surface area contributed by atoms with Crippen LogP contribution in [0.2, 0.25) is 10.0 Å². The number of nitrogens with one attached hydrogen (secondary N) is 1. The fourth-order valence-corrected chi connectivity index (χ4v) is 3.22. The molecule has 11 heteroatoms. The average Bonchev–Trinajstić information content (AvgIpc) is 2.77. The van der Waals surface area contributed by atoms with Gasteiger partial charge in [0.05, 0.1) is 37.5 Å². The molecule has 0 radical (unpaired) electrons. The predicted molar refractivity (Wildman–Crippen MR) is 126 cm³/mol. The van der Waals surface area contributed by atoms with Crippen LogP contribution in [0.5, 0.6) is 23.0 Å². The van der Waals surface area contributed by atoms with Crippen molar-refractivity contribution in [2.45, 2.75) is 26.8 Å². The van der Waals surface area contributed by atoms with Crippen molar-refractivity contribution >= 4 is 46.3 Å². The van der Waals surface area contributed by atoms with Crippen molar-refractivity contribution in [2.24, 2.45) is 10.2 Å². The van der Waals surface area contributed by atoms with Crippen molar-refractivity contribution in [1.82, 2.24) is 0 Å². The van der Waals surface area contributed by atoms with E-state index in [1.165, 1.54) is 33.3 Å². The van der Waals surface area contributed by atoms with Crippen LogP contribution < -0.4 is 24.3 Å². The van der Waals surface area contributed by atoms with E-state index in [0.717, 1.165) is 0 Å². The van der Waals surface area contributed by atoms with Crippen molar-refractivity contribution in [3.8, 4) is 23.0 Å². The van der Waals surface area contributed by atoms with Crippen LogP contribution in [0.3, 0.4) is 0 Å². The Bertz CT molecular complexity index is 1050. The van der Waals surface area contributed by atoms with Gasteiger partial charge in [0.15, 0.2) is 23.0 Å². The fraction of sp³-hybridized carbons (Fsp3) is 0.364. The first-order valence-electron chi connectivity index (χ1n) is 9.99. The number of anilines is 1. The van der Waals surface area contributed by atoms with Crippen LogP contribution in [0.25, 0.3) is 0 Å². The zero-order valence-electron chi connectivity index (χ0n) is 18.9. The van der Waals surface area contributed by atoms with E-state index in [1.54, 1.807) is 12.1 Å². The van der Waals surface area contributed by atoms with Crippen molar-refractivity contribution < 1.29 is 28.5 Å². The molecule has 9 nitrogen and oxygen atoms in total. The largest absolute Gasteiger partial charge is 0.494 e. The van der Waals surface area contributed by atoms with Gasteiger partial charge in [-0.2, -0.15) is 10.2 Å². The molecule has 0 saturated heterocycles. The molecule has 0 saturated carbocycles. The predicted octanol–water partition coefficient (Wildman–Crippen LogP) is 5.49. The van der Waals surface area contributed by atoms with Crippen LogP contribution in [0, 0.1) is 0 Å². The lowest BCUT2D eigenvalue weighted by atomic mass is 10.2. The summed E-state index contributed by atoms with van der Waals surface area (Å²) in [6.45, 7) is 5.68. The van der Waals surface area contributed by atoms with Crippen LogP contribution in [0.1, 0.15) is 20.8 Å². The van der Waals surface area contributed by atoms with Crippen molar-refractivity contribution in [1.29, 1.82) is 0 Å². The Morgan fingerprint density at radius 3 is 2.15 bits per heavy atom. The fourth-order valence-electron chi connectivity index (χ4n) is 2.79. The molecule has 0 aromatic heterocycles. The topological polar surface area (TPSA) is 108 Å². The summed E-state index contributed by atoms with van der Waals surface area (Å²) < 4.78 is 21.6. The Balaban J connectivity index is 2.37. The Labute approximate surface area is 202 Å². The molecule has 0 aliphatic rings. The molecular weight excluding hydrogens is 473 g/mol. The van der Waals surface area contributed by atoms with Gasteiger partial charge in [0.2, 0.25) is 6.04 Å². The Hall–Kier alpha value is -3.04. The summed E-state index contributed by atoms with van der Waals surface area (Å²) in [6, 6.07) is 4.71. The molecule has 0 spiro atoms. The number of rotatable bonds is 11. The molecule has 1 unspecified atom stereocenters. The number of Topliss-reactive ketones (excluding diaryl/α,β-unsaturated/α-hetero) is 1. The SMILES string of the molecule is CCOc1cc(Cl)c(N=NC(C(C)=O)C(=O)Nc2c(OC)ccc(Cl)c2OC)cc1OCC. The number of ketones is 1. The lowest BCUT2D eigenvalue weighted by molar-refractivity contribution is -0.126. The van der Waals surface area contributed by atoms with Crippen molar-refractivity contribution in [2.75, 3.05) is 32.8 Å². The number of halogens is 2. The van der Waals surface area contributed by atoms with Gasteiger partial charge < -0.3 is 24.3 Å². The van der Waals surface area contributed by atoms with Crippen LogP contribution >= 0.6 is 23.2 Å². The van der Waals surface area contributed by atoms with Crippen LogP contribution in [0.4, 0.5) is 11.4 Å². The second kappa shape index (κ2) is 12.3. The molecule has 1 amide bonds. The number of carbonyl (C=O) groups is 2. The van der Waals surface area contributed by atoms with E-state index in [1.807, 2.05) is 13.8 Å². The maximum atomic E-state index is 12.9. The molecule has 0 heterocycles. The van der Waals surface area contributed by atoms with E-state index in [4.69, 9.17) is 42.1 Å². The molecule has 0 bridgehead atoms. The minimum Gasteiger partial charge on any atom is -0.494 e. The number of hydrogen-bond acceptors (Lipinski definition) is 8. The second-order valence-electron chi connectivity index (χ2n) is 6.49. The van der Waals surface area contributed by atoms with E-state index in [2.05, 4.69) is 15.5 Å². The zero-order chi connectivity index (χ0) is 24.5. The number of amides is 1. The number of carbonyl (C=O) groups excluding carboxylic acids is 2. The summed E-state index contributed by atoms with van der Waals surface area (Å²) in [6.07, 6.45) is 0. The molecule has 0 aliphatic heterocycles. The maximum absolute atomic E-state index is 12.9. The third-order valence-electron chi connectivity index (χ3n) is 4.27. The lowest BCUT2D eigenvalue weighted by Gasteiger charge is -2.16. The van der Waals surface area contributed by atoms with Crippen molar-refractivity contribution in [3.05, 3.63) is 34.3 Å². The minimum atomic E-state index is -1.46. The highest BCUT2D eigenvalue weighted by atomic mass is 35.5. The molecule has 33 heavy (non-hydrogen) atoms. The first-order chi connectivity index (χ1) is 15.8. The van der Waals surface area contributed by atoms with E-state index in [0.29, 0.717) is 30.5 Å². The highest BCUT2D eigenvalue weighted by Gasteiger charge is 2.26. The Morgan fingerprint density at radius 1 is 0.970 bits per heavy atom. The number of ether oxygens (including phenoxy) is 4. The standard InChI is InChI=1S/C22H25Cl2N3O6/c1-6-32-17-10-14(24)15(11-18(17)33-7-2)26-27-19(12(3)28)22(29)25-20-16(30-4)9-8-13(23)21(20)31-5/h8-11,19H,6-7H2,1-5H3,(H,25,29). The van der Waals surface area contributed by atoms with Crippen molar-refractivity contribution in [3.63, 3.8) is 0 Å². The number of methoxy groups -OCH3 is 2. The number of azo groups is 1. The van der Waals surface area contributed by atoms with Gasteiger partial charge >= 0.3 is 0 Å². The van der Waals surface area contributed by atoms with E-state index < -0.39 is 17.7 Å². The molecule has 0 aliphatic carbocycles. The monoisotopic (exact) mass is 497 g/mol. The highest BCUT2D eigenvalue weighted by Crippen LogP contribution is 2.41. The molecular formula is C22H25Cl2N3O6. The van der Waals surface area contributed by atoms with E-state index in [9.17, 15) is 9.59 Å². The average molecular weight is 498 g/mol. The van der Waals surface area contributed by atoms with Gasteiger partial charge in [-0.3, -0.25) is 9.59 Å². The Morgan fingerprint density at radius 2 is 1.61 bits per heavy atom. The first-order valence-corrected chi connectivity index (χ1v) is 10.7. The molecule has 1 atom stereocenters. The smallest absolute Gasteiger partial charge is 0.259 e. The van der Waals surface area contributed by atoms with Gasteiger partial charge in [-0.05, 0) is 32.9 Å². The molecule has 1 N–H and O–H groups in total. The minimum absolute atomic E-state index is 0.164. The van der Waals surface area contributed by atoms with E-state index in [-0.39, 0.29) is 27.2 Å². The quantitative estimate of drug-likeness (QED) is 0.324. The molecule has 0 fully saturated rings. The van der Waals surface area contributed by atoms with Gasteiger partial charge in [-0.1, -0.05) is 23.2 Å². The first kappa shape index (κ1) is 26.2. The van der Waals surface area contributed by atoms with Crippen LogP contribution in [0.15, 0.2) is 34.5 Å². The third-order valence-corrected chi connectivity index (χ3v) is 4.87.